The number of hydrogen-bond acceptors (Lipinski definition) is 2. The summed E-state index contributed by atoms with van der Waals surface area (Å²) in [6, 6.07) is 8.65. The molecule has 1 amide bonds. The lowest BCUT2D eigenvalue weighted by molar-refractivity contribution is 0.265. The molecule has 0 saturated carbocycles. The van der Waals surface area contributed by atoms with E-state index in [0.29, 0.717) is 11.3 Å². The van der Waals surface area contributed by atoms with E-state index in [0.717, 1.165) is 0 Å². The Hall–Kier alpha value is -1.53. The lowest BCUT2D eigenvalue weighted by atomic mass is 10.2. The first-order valence-electron chi connectivity index (χ1n) is 3.58. The minimum Gasteiger partial charge on any atom is -0.302 e. The summed E-state index contributed by atoms with van der Waals surface area (Å²) >= 11 is 5.26. The summed E-state index contributed by atoms with van der Waals surface area (Å²) < 4.78 is 0. The molecule has 0 aliphatic carbocycles. The molecule has 0 radical (unpaired) electrons. The van der Waals surface area contributed by atoms with Gasteiger partial charge in [-0.25, -0.2) is 0 Å². The van der Waals surface area contributed by atoms with Gasteiger partial charge in [-0.1, -0.05) is 6.07 Å². The van der Waals surface area contributed by atoms with Gasteiger partial charge < -0.3 is 4.90 Å². The van der Waals surface area contributed by atoms with Crippen molar-refractivity contribution in [1.29, 1.82) is 5.26 Å². The van der Waals surface area contributed by atoms with Crippen LogP contribution in [0.25, 0.3) is 0 Å². The third-order valence-electron chi connectivity index (χ3n) is 1.63. The molecule has 3 nitrogen and oxygen atoms in total. The molecule has 0 unspecified atom stereocenters. The highest BCUT2D eigenvalue weighted by atomic mass is 35.5. The van der Waals surface area contributed by atoms with Gasteiger partial charge in [0.2, 0.25) is 0 Å². The number of carbonyl (C=O) groups is 1. The van der Waals surface area contributed by atoms with E-state index in [9.17, 15) is 4.79 Å². The summed E-state index contributed by atoms with van der Waals surface area (Å²) in [4.78, 5) is 12.0. The van der Waals surface area contributed by atoms with E-state index >= 15 is 0 Å². The fourth-order valence-corrected chi connectivity index (χ4v) is 0.983. The number of benzene rings is 1. The van der Waals surface area contributed by atoms with Crippen LogP contribution in [-0.2, 0) is 0 Å². The first-order valence-corrected chi connectivity index (χ1v) is 3.96. The van der Waals surface area contributed by atoms with Crippen LogP contribution in [0.5, 0.6) is 0 Å². The molecule has 1 rings (SSSR count). The van der Waals surface area contributed by atoms with Gasteiger partial charge in [-0.15, -0.1) is 0 Å². The van der Waals surface area contributed by atoms with E-state index in [2.05, 4.69) is 0 Å². The Morgan fingerprint density at radius 3 is 2.85 bits per heavy atom. The van der Waals surface area contributed by atoms with Crippen LogP contribution in [0.4, 0.5) is 10.5 Å². The molecule has 1 aromatic rings. The molecule has 0 bridgehead atoms. The van der Waals surface area contributed by atoms with Gasteiger partial charge in [0.25, 0.3) is 0 Å². The van der Waals surface area contributed by atoms with Gasteiger partial charge in [-0.2, -0.15) is 5.26 Å². The fourth-order valence-electron chi connectivity index (χ4n) is 0.886. The van der Waals surface area contributed by atoms with Crippen molar-refractivity contribution in [3.63, 3.8) is 0 Å². The van der Waals surface area contributed by atoms with E-state index in [1.807, 2.05) is 6.07 Å². The molecule has 0 spiro atoms. The van der Waals surface area contributed by atoms with Crippen LogP contribution in [-0.4, -0.2) is 12.4 Å². The van der Waals surface area contributed by atoms with Gasteiger partial charge in [-0.05, 0) is 29.8 Å². The lowest BCUT2D eigenvalue weighted by Gasteiger charge is -2.12. The number of carbonyl (C=O) groups excluding carboxylic acids is 1. The van der Waals surface area contributed by atoms with Crippen LogP contribution < -0.4 is 4.90 Å². The van der Waals surface area contributed by atoms with Gasteiger partial charge >= 0.3 is 5.37 Å². The number of nitriles is 1. The Morgan fingerprint density at radius 1 is 1.62 bits per heavy atom. The molecule has 0 atom stereocenters. The van der Waals surface area contributed by atoms with Crippen molar-refractivity contribution in [3.05, 3.63) is 29.8 Å². The van der Waals surface area contributed by atoms with Gasteiger partial charge in [-0.3, -0.25) is 4.79 Å². The molecule has 0 aromatic heterocycles. The number of halogens is 1. The van der Waals surface area contributed by atoms with Crippen molar-refractivity contribution in [1.82, 2.24) is 0 Å². The van der Waals surface area contributed by atoms with Crippen LogP contribution in [0.15, 0.2) is 24.3 Å². The van der Waals surface area contributed by atoms with Crippen molar-refractivity contribution < 1.29 is 4.79 Å². The van der Waals surface area contributed by atoms with E-state index in [4.69, 9.17) is 16.9 Å². The summed E-state index contributed by atoms with van der Waals surface area (Å²) in [5, 5.41) is 8.02. The van der Waals surface area contributed by atoms with E-state index in [-0.39, 0.29) is 0 Å². The van der Waals surface area contributed by atoms with Gasteiger partial charge in [0.15, 0.2) is 0 Å². The Morgan fingerprint density at radius 2 is 2.31 bits per heavy atom. The van der Waals surface area contributed by atoms with Crippen LogP contribution in [0.3, 0.4) is 0 Å². The summed E-state index contributed by atoms with van der Waals surface area (Å²) in [6.45, 7) is 0. The second-order valence-electron chi connectivity index (χ2n) is 2.47. The molecule has 0 saturated heterocycles. The molecular formula is C9H7ClN2O. The Kier molecular flexibility index (Phi) is 2.88. The second-order valence-corrected chi connectivity index (χ2v) is 2.80. The van der Waals surface area contributed by atoms with Crippen LogP contribution in [0.2, 0.25) is 0 Å². The average molecular weight is 195 g/mol. The molecule has 0 aliphatic heterocycles. The molecule has 13 heavy (non-hydrogen) atoms. The maximum Gasteiger partial charge on any atom is 0.320 e. The maximum absolute atomic E-state index is 10.8. The summed E-state index contributed by atoms with van der Waals surface area (Å²) in [7, 11) is 1.55. The zero-order chi connectivity index (χ0) is 9.84. The topological polar surface area (TPSA) is 44.1 Å². The van der Waals surface area contributed by atoms with Crippen LogP contribution in [0.1, 0.15) is 5.56 Å². The smallest absolute Gasteiger partial charge is 0.302 e. The Labute approximate surface area is 81.1 Å². The fraction of sp³-hybridized carbons (Fsp3) is 0.111. The zero-order valence-electron chi connectivity index (χ0n) is 6.99. The van der Waals surface area contributed by atoms with Crippen molar-refractivity contribution >= 4 is 22.7 Å². The average Bonchev–Trinajstić information content (AvgIpc) is 2.16. The predicted octanol–water partition coefficient (Wildman–Crippen LogP) is 2.35. The van der Waals surface area contributed by atoms with Crippen molar-refractivity contribution in [3.8, 4) is 6.07 Å². The number of rotatable bonds is 1. The first kappa shape index (κ1) is 9.56. The first-order chi connectivity index (χ1) is 6.15. The quantitative estimate of drug-likeness (QED) is 0.509. The van der Waals surface area contributed by atoms with Crippen molar-refractivity contribution in [2.75, 3.05) is 11.9 Å². The van der Waals surface area contributed by atoms with Gasteiger partial charge in [0.05, 0.1) is 11.6 Å². The third-order valence-corrected chi connectivity index (χ3v) is 1.88. The highest BCUT2D eigenvalue weighted by Crippen LogP contribution is 2.15. The van der Waals surface area contributed by atoms with E-state index < -0.39 is 5.37 Å². The molecular weight excluding hydrogens is 188 g/mol. The van der Waals surface area contributed by atoms with E-state index in [1.165, 1.54) is 4.90 Å². The SMILES string of the molecule is CN(C(=O)Cl)c1cccc(C#N)c1. The normalized spacial score (nSPS) is 9.00. The largest absolute Gasteiger partial charge is 0.320 e. The summed E-state index contributed by atoms with van der Waals surface area (Å²) in [6.07, 6.45) is 0. The Balaban J connectivity index is 3.03. The monoisotopic (exact) mass is 194 g/mol. The lowest BCUT2D eigenvalue weighted by Crippen LogP contribution is -2.19. The van der Waals surface area contributed by atoms with Crippen molar-refractivity contribution in [2.45, 2.75) is 0 Å². The summed E-state index contributed by atoms with van der Waals surface area (Å²) in [5.74, 6) is 0. The maximum atomic E-state index is 10.8. The number of amides is 1. The zero-order valence-corrected chi connectivity index (χ0v) is 7.75. The highest BCUT2D eigenvalue weighted by Gasteiger charge is 2.06. The molecule has 0 fully saturated rings. The highest BCUT2D eigenvalue weighted by molar-refractivity contribution is 6.66. The van der Waals surface area contributed by atoms with Crippen LogP contribution in [0, 0.1) is 11.3 Å². The van der Waals surface area contributed by atoms with Gasteiger partial charge in [0.1, 0.15) is 0 Å². The van der Waals surface area contributed by atoms with E-state index in [1.54, 1.807) is 31.3 Å². The molecule has 4 heteroatoms. The number of nitrogens with zero attached hydrogens (tertiary/aromatic N) is 2. The minimum absolute atomic E-state index is 0.502. The molecule has 66 valence electrons. The van der Waals surface area contributed by atoms with Gasteiger partial charge in [0, 0.05) is 12.7 Å². The number of hydrogen-bond donors (Lipinski definition) is 0. The van der Waals surface area contributed by atoms with Crippen LogP contribution >= 0.6 is 11.6 Å². The Bertz CT molecular complexity index is 370. The molecule has 0 heterocycles. The summed E-state index contributed by atoms with van der Waals surface area (Å²) in [5.41, 5.74) is 1.11. The standard InChI is InChI=1S/C9H7ClN2O/c1-12(9(10)13)8-4-2-3-7(5-8)6-11/h2-5H,1H3. The predicted molar refractivity (Wildman–Crippen MR) is 50.8 cm³/mol. The second kappa shape index (κ2) is 3.92. The number of anilines is 1. The van der Waals surface area contributed by atoms with Crippen molar-refractivity contribution in [2.24, 2.45) is 0 Å². The molecule has 1 aromatic carbocycles. The molecule has 0 N–H and O–H groups in total. The minimum atomic E-state index is -0.574. The molecule has 0 aliphatic rings. The third kappa shape index (κ3) is 2.20.